The average molecular weight is 454 g/mol. The van der Waals surface area contributed by atoms with Gasteiger partial charge in [-0.2, -0.15) is 0 Å². The number of carbonyl (C=O) groups is 1. The largest absolute Gasteiger partial charge is 0.458 e. The molecule has 1 spiro atoms. The molecule has 5 aliphatic carbocycles. The van der Waals surface area contributed by atoms with Gasteiger partial charge in [0.15, 0.2) is 0 Å². The molecule has 6 aliphatic rings. The fraction of sp³-hybridized carbons (Fsp3) is 0.741. The van der Waals surface area contributed by atoms with Gasteiger partial charge < -0.3 is 25.0 Å². The van der Waals surface area contributed by atoms with Gasteiger partial charge in [-0.05, 0) is 55.1 Å². The highest BCUT2D eigenvalue weighted by Gasteiger charge is 2.82. The number of methoxy groups -OCH3 is 1. The molecule has 12 atom stereocenters. The normalized spacial score (nSPS) is 55.3. The first-order valence-electron chi connectivity index (χ1n) is 12.8. The molecule has 0 amide bonds. The Bertz CT molecular complexity index is 986. The molecular weight excluding hydrogens is 418 g/mol. The summed E-state index contributed by atoms with van der Waals surface area (Å²) in [5.41, 5.74) is -0.514. The van der Waals surface area contributed by atoms with Gasteiger partial charge in [-0.1, -0.05) is 25.1 Å². The lowest BCUT2D eigenvalue weighted by Crippen LogP contribution is -2.75. The number of rotatable bonds is 3. The van der Waals surface area contributed by atoms with Crippen molar-refractivity contribution in [3.63, 3.8) is 0 Å². The molecule has 6 nitrogen and oxygen atoms in total. The number of fused-ring (bicyclic) bond motifs is 2. The predicted molar refractivity (Wildman–Crippen MR) is 120 cm³/mol. The van der Waals surface area contributed by atoms with Gasteiger partial charge >= 0.3 is 5.97 Å². The van der Waals surface area contributed by atoms with E-state index in [0.717, 1.165) is 32.2 Å². The average Bonchev–Trinajstić information content (AvgIpc) is 3.25. The molecule has 1 aromatic carbocycles. The van der Waals surface area contributed by atoms with E-state index in [1.165, 1.54) is 0 Å². The first-order valence-corrected chi connectivity index (χ1v) is 12.8. The van der Waals surface area contributed by atoms with Crippen LogP contribution in [0.25, 0.3) is 0 Å². The number of hydrogen-bond acceptors (Lipinski definition) is 6. The van der Waals surface area contributed by atoms with Crippen molar-refractivity contribution in [3.05, 3.63) is 35.9 Å². The molecule has 5 saturated carbocycles. The number of hydrogen-bond donors (Lipinski definition) is 3. The first kappa shape index (κ1) is 20.9. The van der Waals surface area contributed by atoms with E-state index in [9.17, 15) is 15.0 Å². The number of benzene rings is 1. The second-order valence-corrected chi connectivity index (χ2v) is 12.2. The molecule has 0 radical (unpaired) electrons. The van der Waals surface area contributed by atoms with Gasteiger partial charge in [0, 0.05) is 49.3 Å². The molecule has 0 unspecified atom stereocenters. The SMILES string of the molecule is CO[C@H]1C[C@@]2(O)[C@H]3[C@@H](OC(=O)c4ccccc4)[C@@H]1C[C@H]3[C@]13[C@@H]4NC[C@@](C)(CC[C@@H]1O)[C@H]3C[C@@H]42. The molecule has 6 fully saturated rings. The Morgan fingerprint density at radius 2 is 1.97 bits per heavy atom. The zero-order valence-corrected chi connectivity index (χ0v) is 19.4. The number of aliphatic hydroxyl groups excluding tert-OH is 1. The number of esters is 1. The van der Waals surface area contributed by atoms with Crippen molar-refractivity contribution in [2.75, 3.05) is 13.7 Å². The van der Waals surface area contributed by atoms with E-state index in [4.69, 9.17) is 9.47 Å². The van der Waals surface area contributed by atoms with Crippen LogP contribution < -0.4 is 5.32 Å². The van der Waals surface area contributed by atoms with E-state index in [0.29, 0.717) is 17.9 Å². The zero-order chi connectivity index (χ0) is 22.8. The lowest BCUT2D eigenvalue weighted by Gasteiger charge is -2.66. The van der Waals surface area contributed by atoms with Gasteiger partial charge in [-0.15, -0.1) is 0 Å². The Morgan fingerprint density at radius 3 is 2.73 bits per heavy atom. The second-order valence-electron chi connectivity index (χ2n) is 12.2. The number of nitrogens with one attached hydrogen (secondary N) is 1. The van der Waals surface area contributed by atoms with Crippen molar-refractivity contribution in [1.82, 2.24) is 5.32 Å². The van der Waals surface area contributed by atoms with Crippen LogP contribution >= 0.6 is 0 Å². The van der Waals surface area contributed by atoms with Crippen LogP contribution in [0.5, 0.6) is 0 Å². The molecule has 33 heavy (non-hydrogen) atoms. The maximum atomic E-state index is 13.1. The summed E-state index contributed by atoms with van der Waals surface area (Å²) in [5.74, 6) is 0.144. The van der Waals surface area contributed by atoms with Gasteiger partial charge in [-0.3, -0.25) is 0 Å². The molecule has 1 aliphatic heterocycles. The van der Waals surface area contributed by atoms with Gasteiger partial charge in [0.2, 0.25) is 0 Å². The highest BCUT2D eigenvalue weighted by Crippen LogP contribution is 2.77. The van der Waals surface area contributed by atoms with Crippen LogP contribution in [0.15, 0.2) is 30.3 Å². The molecule has 3 N–H and O–H groups in total. The monoisotopic (exact) mass is 453 g/mol. The molecular formula is C27H35NO5. The van der Waals surface area contributed by atoms with Crippen LogP contribution in [0.4, 0.5) is 0 Å². The number of carbonyl (C=O) groups excluding carboxylic acids is 1. The van der Waals surface area contributed by atoms with Crippen LogP contribution in [-0.4, -0.2) is 59.8 Å². The van der Waals surface area contributed by atoms with E-state index in [1.807, 2.05) is 18.2 Å². The molecule has 0 aromatic heterocycles. The lowest BCUT2D eigenvalue weighted by molar-refractivity contribution is -0.241. The van der Waals surface area contributed by atoms with Crippen molar-refractivity contribution in [2.45, 2.75) is 69.0 Å². The molecule has 7 bridgehead atoms. The summed E-state index contributed by atoms with van der Waals surface area (Å²) in [6.07, 6.45) is 3.32. The van der Waals surface area contributed by atoms with E-state index in [-0.39, 0.29) is 64.8 Å². The van der Waals surface area contributed by atoms with Gasteiger partial charge in [-0.25, -0.2) is 4.79 Å². The van der Waals surface area contributed by atoms with E-state index < -0.39 is 5.60 Å². The summed E-state index contributed by atoms with van der Waals surface area (Å²) >= 11 is 0. The number of ether oxygens (including phenoxy) is 2. The Morgan fingerprint density at radius 1 is 1.18 bits per heavy atom. The number of piperidine rings is 1. The smallest absolute Gasteiger partial charge is 0.338 e. The summed E-state index contributed by atoms with van der Waals surface area (Å²) in [7, 11) is 1.71. The fourth-order valence-corrected chi connectivity index (χ4v) is 10.3. The molecule has 178 valence electrons. The maximum Gasteiger partial charge on any atom is 0.338 e. The molecule has 6 heteroatoms. The standard InChI is InChI=1S/C27H35NO5/c1-25-9-8-20(29)27-16-10-15-18(32-2)12-26(31,17(11-19(25)27)23(27)28-13-25)21(16)22(15)33-24(30)14-6-4-3-5-7-14/h3-7,15-23,28-29,31H,8-13H2,1-2H3/t15-,16-,17+,18+,19-,20+,21-,22+,23-,25-,26+,27-/m1/s1. The minimum atomic E-state index is -0.953. The molecule has 7 rings (SSSR count). The summed E-state index contributed by atoms with van der Waals surface area (Å²) in [4.78, 5) is 13.1. The molecule has 1 saturated heterocycles. The third-order valence-corrected chi connectivity index (χ3v) is 11.3. The van der Waals surface area contributed by atoms with Gasteiger partial charge in [0.05, 0.1) is 23.4 Å². The van der Waals surface area contributed by atoms with Crippen molar-refractivity contribution >= 4 is 5.97 Å². The third kappa shape index (κ3) is 2.32. The van der Waals surface area contributed by atoms with Crippen LogP contribution in [0.2, 0.25) is 0 Å². The van der Waals surface area contributed by atoms with E-state index in [1.54, 1.807) is 19.2 Å². The Balaban J connectivity index is 1.34. The summed E-state index contributed by atoms with van der Waals surface area (Å²) in [5, 5.41) is 28.0. The highest BCUT2D eigenvalue weighted by atomic mass is 16.5. The Hall–Kier alpha value is -1.47. The Kier molecular flexibility index (Phi) is 4.17. The summed E-state index contributed by atoms with van der Waals surface area (Å²) in [6.45, 7) is 3.34. The van der Waals surface area contributed by atoms with Crippen LogP contribution in [0.1, 0.15) is 49.4 Å². The van der Waals surface area contributed by atoms with Crippen molar-refractivity contribution in [1.29, 1.82) is 0 Å². The minimum absolute atomic E-state index is 0.0489. The second kappa shape index (κ2) is 6.60. The molecule has 1 aromatic rings. The minimum Gasteiger partial charge on any atom is -0.458 e. The van der Waals surface area contributed by atoms with E-state index in [2.05, 4.69) is 12.2 Å². The van der Waals surface area contributed by atoms with Crippen molar-refractivity contribution < 1.29 is 24.5 Å². The highest BCUT2D eigenvalue weighted by molar-refractivity contribution is 5.89. The van der Waals surface area contributed by atoms with Crippen LogP contribution in [0, 0.1) is 40.4 Å². The summed E-state index contributed by atoms with van der Waals surface area (Å²) in [6, 6.07) is 9.26. The van der Waals surface area contributed by atoms with Crippen LogP contribution in [0.3, 0.4) is 0 Å². The van der Waals surface area contributed by atoms with Crippen LogP contribution in [-0.2, 0) is 9.47 Å². The van der Waals surface area contributed by atoms with Gasteiger partial charge in [0.25, 0.3) is 0 Å². The maximum absolute atomic E-state index is 13.1. The fourth-order valence-electron chi connectivity index (χ4n) is 10.3. The quantitative estimate of drug-likeness (QED) is 0.609. The van der Waals surface area contributed by atoms with Crippen molar-refractivity contribution in [3.8, 4) is 0 Å². The topological polar surface area (TPSA) is 88.0 Å². The third-order valence-electron chi connectivity index (χ3n) is 11.3. The van der Waals surface area contributed by atoms with Gasteiger partial charge in [0.1, 0.15) is 6.10 Å². The van der Waals surface area contributed by atoms with Crippen molar-refractivity contribution in [2.24, 2.45) is 40.4 Å². The zero-order valence-electron chi connectivity index (χ0n) is 19.4. The van der Waals surface area contributed by atoms with E-state index >= 15 is 0 Å². The number of aliphatic hydroxyl groups is 2. The Labute approximate surface area is 195 Å². The molecule has 1 heterocycles. The predicted octanol–water partition coefficient (Wildman–Crippen LogP) is 2.38. The first-order chi connectivity index (χ1) is 15.8. The summed E-state index contributed by atoms with van der Waals surface area (Å²) < 4.78 is 12.2. The lowest BCUT2D eigenvalue weighted by atomic mass is 9.44.